The van der Waals surface area contributed by atoms with E-state index in [9.17, 15) is 13.6 Å². The Balaban J connectivity index is 0.00000242. The number of para-hydroxylation sites is 1. The minimum atomic E-state index is -2.95. The van der Waals surface area contributed by atoms with Crippen molar-refractivity contribution in [2.45, 2.75) is 38.6 Å². The molecule has 1 heterocycles. The van der Waals surface area contributed by atoms with Crippen molar-refractivity contribution >= 4 is 24.0 Å². The molecule has 0 radical (unpaired) electrons. The van der Waals surface area contributed by atoms with Gasteiger partial charge in [0, 0.05) is 6.54 Å². The Morgan fingerprint density at radius 2 is 2.23 bits per heavy atom. The standard InChI is InChI=1S/C14H18F2N2O3.ClH/c1-8-3-2-4-10(21-14(15)16)12(8)18-13(19)11-6-5-9(7-17)20-11;/h2-4,9,11,14H,5-7,17H2,1H3,(H,18,19);1H/t9-,11+;/m1./s1. The summed E-state index contributed by atoms with van der Waals surface area (Å²) in [6.07, 6.45) is 0.528. The molecule has 2 rings (SSSR count). The first-order valence-electron chi connectivity index (χ1n) is 6.72. The first kappa shape index (κ1) is 18.6. The van der Waals surface area contributed by atoms with Crippen molar-refractivity contribution in [1.29, 1.82) is 0 Å². The second-order valence-corrected chi connectivity index (χ2v) is 4.88. The van der Waals surface area contributed by atoms with Gasteiger partial charge >= 0.3 is 6.61 Å². The van der Waals surface area contributed by atoms with Crippen molar-refractivity contribution in [3.63, 3.8) is 0 Å². The third kappa shape index (κ3) is 4.53. The van der Waals surface area contributed by atoms with Gasteiger partial charge in [-0.15, -0.1) is 12.4 Å². The molecule has 1 aromatic rings. The number of carbonyl (C=O) groups excluding carboxylic acids is 1. The lowest BCUT2D eigenvalue weighted by molar-refractivity contribution is -0.126. The van der Waals surface area contributed by atoms with Gasteiger partial charge in [-0.2, -0.15) is 8.78 Å². The second kappa shape index (κ2) is 8.26. The summed E-state index contributed by atoms with van der Waals surface area (Å²) in [6.45, 7) is -0.896. The summed E-state index contributed by atoms with van der Waals surface area (Å²) in [6, 6.07) is 4.67. The Bertz CT molecular complexity index is 517. The van der Waals surface area contributed by atoms with Crippen LogP contribution >= 0.6 is 12.4 Å². The van der Waals surface area contributed by atoms with Gasteiger partial charge in [0.2, 0.25) is 0 Å². The second-order valence-electron chi connectivity index (χ2n) is 4.88. The Morgan fingerprint density at radius 1 is 1.50 bits per heavy atom. The number of rotatable bonds is 5. The van der Waals surface area contributed by atoms with Crippen LogP contribution in [0, 0.1) is 6.92 Å². The van der Waals surface area contributed by atoms with Crippen LogP contribution in [0.2, 0.25) is 0 Å². The van der Waals surface area contributed by atoms with Gasteiger partial charge in [-0.1, -0.05) is 12.1 Å². The summed E-state index contributed by atoms with van der Waals surface area (Å²) in [5.41, 5.74) is 6.36. The van der Waals surface area contributed by atoms with Gasteiger partial charge in [0.1, 0.15) is 11.9 Å². The summed E-state index contributed by atoms with van der Waals surface area (Å²) in [4.78, 5) is 12.1. The topological polar surface area (TPSA) is 73.6 Å². The largest absolute Gasteiger partial charge is 0.433 e. The van der Waals surface area contributed by atoms with Gasteiger partial charge in [-0.25, -0.2) is 0 Å². The van der Waals surface area contributed by atoms with Crippen molar-refractivity contribution in [3.05, 3.63) is 23.8 Å². The molecule has 0 bridgehead atoms. The molecule has 1 aliphatic heterocycles. The molecule has 0 aliphatic carbocycles. The predicted molar refractivity (Wildman–Crippen MR) is 80.6 cm³/mol. The maximum Gasteiger partial charge on any atom is 0.387 e. The number of amides is 1. The fourth-order valence-corrected chi connectivity index (χ4v) is 2.27. The zero-order valence-electron chi connectivity index (χ0n) is 12.1. The summed E-state index contributed by atoms with van der Waals surface area (Å²) in [7, 11) is 0. The first-order valence-corrected chi connectivity index (χ1v) is 6.72. The zero-order chi connectivity index (χ0) is 15.4. The van der Waals surface area contributed by atoms with E-state index in [0.29, 0.717) is 24.9 Å². The highest BCUT2D eigenvalue weighted by atomic mass is 35.5. The quantitative estimate of drug-likeness (QED) is 0.866. The third-order valence-corrected chi connectivity index (χ3v) is 3.36. The van der Waals surface area contributed by atoms with E-state index in [-0.39, 0.29) is 35.9 Å². The van der Waals surface area contributed by atoms with Crippen LogP contribution in [0.5, 0.6) is 5.75 Å². The minimum Gasteiger partial charge on any atom is -0.433 e. The lowest BCUT2D eigenvalue weighted by Gasteiger charge is -2.17. The highest BCUT2D eigenvalue weighted by Gasteiger charge is 2.30. The van der Waals surface area contributed by atoms with Gasteiger partial charge in [0.15, 0.2) is 0 Å². The smallest absolute Gasteiger partial charge is 0.387 e. The fraction of sp³-hybridized carbons (Fsp3) is 0.500. The molecule has 1 amide bonds. The van der Waals surface area contributed by atoms with Crippen molar-refractivity contribution in [2.75, 3.05) is 11.9 Å². The number of alkyl halides is 2. The summed E-state index contributed by atoms with van der Waals surface area (Å²) in [5, 5.41) is 2.61. The average molecular weight is 337 g/mol. The summed E-state index contributed by atoms with van der Waals surface area (Å²) >= 11 is 0. The number of benzene rings is 1. The number of carbonyl (C=O) groups is 1. The molecular weight excluding hydrogens is 318 g/mol. The Hall–Kier alpha value is -1.44. The number of hydrogen-bond donors (Lipinski definition) is 2. The van der Waals surface area contributed by atoms with Crippen LogP contribution in [0.1, 0.15) is 18.4 Å². The molecule has 1 aliphatic rings. The first-order chi connectivity index (χ1) is 10.0. The molecule has 0 saturated carbocycles. The molecule has 0 spiro atoms. The molecule has 5 nitrogen and oxygen atoms in total. The minimum absolute atomic E-state index is 0. The number of nitrogens with two attached hydrogens (primary N) is 1. The highest BCUT2D eigenvalue weighted by molar-refractivity contribution is 5.96. The van der Waals surface area contributed by atoms with E-state index in [1.165, 1.54) is 6.07 Å². The summed E-state index contributed by atoms with van der Waals surface area (Å²) in [5.74, 6) is -0.439. The number of halogens is 3. The number of nitrogens with one attached hydrogen (secondary N) is 1. The van der Waals surface area contributed by atoms with E-state index in [0.717, 1.165) is 0 Å². The van der Waals surface area contributed by atoms with Crippen LogP contribution in [-0.2, 0) is 9.53 Å². The average Bonchev–Trinajstić information content (AvgIpc) is 2.91. The van der Waals surface area contributed by atoms with Gasteiger partial charge in [0.25, 0.3) is 5.91 Å². The van der Waals surface area contributed by atoms with Crippen LogP contribution in [0.4, 0.5) is 14.5 Å². The van der Waals surface area contributed by atoms with Crippen LogP contribution in [0.15, 0.2) is 18.2 Å². The van der Waals surface area contributed by atoms with E-state index in [1.807, 2.05) is 0 Å². The SMILES string of the molecule is Cc1cccc(OC(F)F)c1NC(=O)[C@@H]1CC[C@H](CN)O1.Cl. The van der Waals surface area contributed by atoms with Crippen LogP contribution in [-0.4, -0.2) is 31.3 Å². The fourth-order valence-electron chi connectivity index (χ4n) is 2.27. The maximum atomic E-state index is 12.4. The zero-order valence-corrected chi connectivity index (χ0v) is 12.9. The molecule has 0 aromatic heterocycles. The van der Waals surface area contributed by atoms with Crippen molar-refractivity contribution in [3.8, 4) is 5.75 Å². The molecule has 1 fully saturated rings. The molecule has 2 atom stereocenters. The Morgan fingerprint density at radius 3 is 2.82 bits per heavy atom. The van der Waals surface area contributed by atoms with Gasteiger partial charge in [-0.3, -0.25) is 4.79 Å². The van der Waals surface area contributed by atoms with Crippen molar-refractivity contribution in [2.24, 2.45) is 5.73 Å². The lowest BCUT2D eigenvalue weighted by Crippen LogP contribution is -2.30. The molecule has 1 aromatic carbocycles. The number of hydrogen-bond acceptors (Lipinski definition) is 4. The van der Waals surface area contributed by atoms with E-state index in [2.05, 4.69) is 10.1 Å². The molecule has 22 heavy (non-hydrogen) atoms. The predicted octanol–water partition coefficient (Wildman–Crippen LogP) is 2.46. The number of anilines is 1. The molecule has 1 saturated heterocycles. The van der Waals surface area contributed by atoms with Crippen molar-refractivity contribution in [1.82, 2.24) is 0 Å². The van der Waals surface area contributed by atoms with E-state index in [4.69, 9.17) is 10.5 Å². The highest BCUT2D eigenvalue weighted by Crippen LogP contribution is 2.30. The number of ether oxygens (including phenoxy) is 2. The van der Waals surface area contributed by atoms with E-state index in [1.54, 1.807) is 19.1 Å². The third-order valence-electron chi connectivity index (χ3n) is 3.36. The molecule has 124 valence electrons. The van der Waals surface area contributed by atoms with Gasteiger partial charge in [-0.05, 0) is 31.4 Å². The molecule has 8 heteroatoms. The normalized spacial score (nSPS) is 20.6. The van der Waals surface area contributed by atoms with Crippen LogP contribution in [0.25, 0.3) is 0 Å². The monoisotopic (exact) mass is 336 g/mol. The van der Waals surface area contributed by atoms with Gasteiger partial charge in [0.05, 0.1) is 11.8 Å². The Kier molecular flexibility index (Phi) is 6.99. The molecule has 3 N–H and O–H groups in total. The van der Waals surface area contributed by atoms with Crippen molar-refractivity contribution < 1.29 is 23.0 Å². The molecule has 0 unspecified atom stereocenters. The van der Waals surface area contributed by atoms with Gasteiger partial charge < -0.3 is 20.5 Å². The van der Waals surface area contributed by atoms with Crippen LogP contribution in [0.3, 0.4) is 0 Å². The number of aryl methyl sites for hydroxylation is 1. The Labute approximate surface area is 133 Å². The van der Waals surface area contributed by atoms with E-state index < -0.39 is 12.7 Å². The summed E-state index contributed by atoms with van der Waals surface area (Å²) < 4.78 is 34.7. The molecular formula is C14H19ClF2N2O3. The van der Waals surface area contributed by atoms with E-state index >= 15 is 0 Å². The maximum absolute atomic E-state index is 12.4. The lowest BCUT2D eigenvalue weighted by atomic mass is 10.1. The van der Waals surface area contributed by atoms with Crippen LogP contribution < -0.4 is 15.8 Å².